The number of nitrogens with one attached hydrogen (secondary N) is 1. The van der Waals surface area contributed by atoms with Gasteiger partial charge in [-0.2, -0.15) is 0 Å². The Morgan fingerprint density at radius 1 is 1.00 bits per heavy atom. The Morgan fingerprint density at radius 3 is 2.11 bits per heavy atom. The maximum atomic E-state index is 11.8. The van der Waals surface area contributed by atoms with E-state index in [0.717, 1.165) is 19.3 Å². The standard InChI is InChI=1S/C9H19NO6P2/c11-17(12,13)9(18(14,15)16)5-1-3-7-4-2-6-10-8(7)9/h7-8,10H,1-6H2,(H2,11,12,13)(H2,14,15,16). The third-order valence-electron chi connectivity index (χ3n) is 4.21. The zero-order valence-electron chi connectivity index (χ0n) is 9.90. The van der Waals surface area contributed by atoms with Gasteiger partial charge in [-0.15, -0.1) is 0 Å². The molecule has 2 rings (SSSR count). The average Bonchev–Trinajstić information content (AvgIpc) is 2.25. The lowest BCUT2D eigenvalue weighted by Crippen LogP contribution is -2.58. The highest BCUT2D eigenvalue weighted by Crippen LogP contribution is 2.74. The number of hydrogen-bond donors (Lipinski definition) is 5. The van der Waals surface area contributed by atoms with E-state index >= 15 is 0 Å². The Balaban J connectivity index is 2.51. The van der Waals surface area contributed by atoms with Crippen molar-refractivity contribution in [1.82, 2.24) is 5.32 Å². The highest BCUT2D eigenvalue weighted by atomic mass is 31.2. The van der Waals surface area contributed by atoms with Gasteiger partial charge in [-0.05, 0) is 38.1 Å². The lowest BCUT2D eigenvalue weighted by atomic mass is 9.79. The van der Waals surface area contributed by atoms with Crippen LogP contribution in [0.3, 0.4) is 0 Å². The summed E-state index contributed by atoms with van der Waals surface area (Å²) in [6, 6.07) is -0.790. The van der Waals surface area contributed by atoms with Crippen LogP contribution in [-0.4, -0.2) is 37.1 Å². The Hall–Kier alpha value is 0.260. The molecule has 1 heterocycles. The van der Waals surface area contributed by atoms with Gasteiger partial charge in [0, 0.05) is 6.04 Å². The van der Waals surface area contributed by atoms with Crippen molar-refractivity contribution < 1.29 is 28.7 Å². The second-order valence-corrected chi connectivity index (χ2v) is 9.32. The quantitative estimate of drug-likeness (QED) is 0.472. The smallest absolute Gasteiger partial charge is 0.324 e. The van der Waals surface area contributed by atoms with Gasteiger partial charge < -0.3 is 24.9 Å². The van der Waals surface area contributed by atoms with Crippen LogP contribution in [0.15, 0.2) is 0 Å². The minimum absolute atomic E-state index is 0.0623. The van der Waals surface area contributed by atoms with Crippen LogP contribution >= 0.6 is 15.2 Å². The Bertz CT molecular complexity index is 391. The van der Waals surface area contributed by atoms with Gasteiger partial charge in [-0.3, -0.25) is 9.13 Å². The van der Waals surface area contributed by atoms with E-state index in [1.807, 2.05) is 0 Å². The van der Waals surface area contributed by atoms with E-state index in [0.29, 0.717) is 13.0 Å². The van der Waals surface area contributed by atoms with E-state index in [2.05, 4.69) is 5.32 Å². The molecule has 5 N–H and O–H groups in total. The monoisotopic (exact) mass is 299 g/mol. The minimum atomic E-state index is -4.91. The fraction of sp³-hybridized carbons (Fsp3) is 1.00. The SMILES string of the molecule is O=P(O)(O)C1(P(=O)(O)O)CCCC2CCCNC21. The first-order chi connectivity index (χ1) is 8.20. The van der Waals surface area contributed by atoms with Gasteiger partial charge in [-0.25, -0.2) is 0 Å². The molecule has 0 amide bonds. The summed E-state index contributed by atoms with van der Waals surface area (Å²) in [5, 5.41) is 2.94. The molecule has 0 spiro atoms. The molecule has 0 aromatic rings. The molecule has 2 unspecified atom stereocenters. The van der Waals surface area contributed by atoms with E-state index in [-0.39, 0.29) is 12.3 Å². The van der Waals surface area contributed by atoms with Gasteiger partial charge in [0.25, 0.3) is 0 Å². The molecule has 2 aliphatic rings. The van der Waals surface area contributed by atoms with E-state index in [4.69, 9.17) is 0 Å². The molecule has 2 atom stereocenters. The predicted molar refractivity (Wildman–Crippen MR) is 65.2 cm³/mol. The van der Waals surface area contributed by atoms with Crippen LogP contribution in [0.5, 0.6) is 0 Å². The van der Waals surface area contributed by atoms with Gasteiger partial charge in [0.2, 0.25) is 0 Å². The largest absolute Gasteiger partial charge is 0.345 e. The van der Waals surface area contributed by atoms with E-state index in [9.17, 15) is 28.7 Å². The molecule has 0 aromatic heterocycles. The molecule has 7 nitrogen and oxygen atoms in total. The molecule has 1 aliphatic heterocycles. The topological polar surface area (TPSA) is 127 Å². The van der Waals surface area contributed by atoms with E-state index in [1.54, 1.807) is 0 Å². The fourth-order valence-electron chi connectivity index (χ4n) is 3.41. The molecular weight excluding hydrogens is 280 g/mol. The van der Waals surface area contributed by atoms with Gasteiger partial charge in [0.15, 0.2) is 4.90 Å². The second kappa shape index (κ2) is 4.67. The Labute approximate surface area is 105 Å². The molecule has 106 valence electrons. The normalized spacial score (nSPS) is 32.9. The Morgan fingerprint density at radius 2 is 1.56 bits per heavy atom. The van der Waals surface area contributed by atoms with Crippen molar-refractivity contribution in [3.63, 3.8) is 0 Å². The van der Waals surface area contributed by atoms with Crippen molar-refractivity contribution in [1.29, 1.82) is 0 Å². The van der Waals surface area contributed by atoms with Gasteiger partial charge >= 0.3 is 15.2 Å². The van der Waals surface area contributed by atoms with Crippen molar-refractivity contribution in [3.8, 4) is 0 Å². The zero-order chi connectivity index (χ0) is 13.6. The lowest BCUT2D eigenvalue weighted by molar-refractivity contribution is 0.159. The predicted octanol–water partition coefficient (Wildman–Crippen LogP) is 0.590. The van der Waals surface area contributed by atoms with Crippen molar-refractivity contribution in [3.05, 3.63) is 0 Å². The summed E-state index contributed by atoms with van der Waals surface area (Å²) in [4.78, 5) is 36.0. The van der Waals surface area contributed by atoms with Gasteiger partial charge in [0.05, 0.1) is 0 Å². The summed E-state index contributed by atoms with van der Waals surface area (Å²) < 4.78 is 23.5. The van der Waals surface area contributed by atoms with Crippen molar-refractivity contribution in [2.24, 2.45) is 5.92 Å². The van der Waals surface area contributed by atoms with Crippen molar-refractivity contribution >= 4 is 15.2 Å². The summed E-state index contributed by atoms with van der Waals surface area (Å²) in [6.45, 7) is 0.545. The third-order valence-corrected chi connectivity index (χ3v) is 8.80. The van der Waals surface area contributed by atoms with Crippen LogP contribution in [0.25, 0.3) is 0 Å². The van der Waals surface area contributed by atoms with Crippen molar-refractivity contribution in [2.45, 2.75) is 43.0 Å². The summed E-state index contributed by atoms with van der Waals surface area (Å²) >= 11 is 0. The van der Waals surface area contributed by atoms with Crippen LogP contribution in [0, 0.1) is 5.92 Å². The number of fused-ring (bicyclic) bond motifs is 1. The van der Waals surface area contributed by atoms with Crippen LogP contribution in [-0.2, 0) is 9.13 Å². The molecule has 0 aromatic carbocycles. The van der Waals surface area contributed by atoms with Crippen LogP contribution in [0.4, 0.5) is 0 Å². The highest BCUT2D eigenvalue weighted by Gasteiger charge is 2.67. The van der Waals surface area contributed by atoms with Crippen LogP contribution < -0.4 is 5.32 Å². The summed E-state index contributed by atoms with van der Waals surface area (Å²) in [5.74, 6) is -0.0623. The molecule has 9 heteroatoms. The molecule has 1 saturated heterocycles. The fourth-order valence-corrected chi connectivity index (χ4v) is 7.00. The zero-order valence-corrected chi connectivity index (χ0v) is 11.7. The van der Waals surface area contributed by atoms with Crippen LogP contribution in [0.2, 0.25) is 0 Å². The van der Waals surface area contributed by atoms with E-state index in [1.165, 1.54) is 0 Å². The third kappa shape index (κ3) is 2.12. The van der Waals surface area contributed by atoms with Gasteiger partial charge in [0.1, 0.15) is 0 Å². The molecule has 1 aliphatic carbocycles. The van der Waals surface area contributed by atoms with E-state index < -0.39 is 26.1 Å². The lowest BCUT2D eigenvalue weighted by Gasteiger charge is -2.49. The molecule has 0 radical (unpaired) electrons. The molecule has 2 fully saturated rings. The minimum Gasteiger partial charge on any atom is -0.324 e. The first-order valence-electron chi connectivity index (χ1n) is 6.05. The summed E-state index contributed by atoms with van der Waals surface area (Å²) in [5.41, 5.74) is 0. The Kier molecular flexibility index (Phi) is 3.80. The summed E-state index contributed by atoms with van der Waals surface area (Å²) in [6.07, 6.45) is 2.72. The highest BCUT2D eigenvalue weighted by molar-refractivity contribution is 7.72. The molecule has 0 bridgehead atoms. The van der Waals surface area contributed by atoms with Gasteiger partial charge in [-0.1, -0.05) is 6.42 Å². The number of rotatable bonds is 2. The number of hydrogen-bond acceptors (Lipinski definition) is 3. The van der Waals surface area contributed by atoms with Crippen molar-refractivity contribution in [2.75, 3.05) is 6.54 Å². The molecule has 1 saturated carbocycles. The first kappa shape index (κ1) is 14.7. The molecule has 18 heavy (non-hydrogen) atoms. The van der Waals surface area contributed by atoms with Crippen LogP contribution in [0.1, 0.15) is 32.1 Å². The average molecular weight is 299 g/mol. The first-order valence-corrected chi connectivity index (χ1v) is 9.27. The summed E-state index contributed by atoms with van der Waals surface area (Å²) in [7, 11) is -9.82. The molecular formula is C9H19NO6P2. The maximum Gasteiger partial charge on any atom is 0.345 e. The maximum absolute atomic E-state index is 11.8. The second-order valence-electron chi connectivity index (χ2n) is 5.19. The number of piperidine rings is 1.